The molecule has 13 heavy (non-hydrogen) atoms. The Morgan fingerprint density at radius 2 is 2.31 bits per heavy atom. The van der Waals surface area contributed by atoms with Gasteiger partial charge in [-0.1, -0.05) is 24.8 Å². The van der Waals surface area contributed by atoms with Gasteiger partial charge in [0.2, 0.25) is 0 Å². The lowest BCUT2D eigenvalue weighted by atomic mass is 10.1. The summed E-state index contributed by atoms with van der Waals surface area (Å²) >= 11 is 5.66. The van der Waals surface area contributed by atoms with Crippen molar-refractivity contribution in [3.8, 4) is 5.75 Å². The fourth-order valence-corrected chi connectivity index (χ4v) is 1.40. The van der Waals surface area contributed by atoms with Crippen LogP contribution in [0.25, 0.3) is 6.08 Å². The van der Waals surface area contributed by atoms with E-state index in [0.29, 0.717) is 5.88 Å². The van der Waals surface area contributed by atoms with E-state index in [1.165, 1.54) is 0 Å². The molecular formula is C11H13ClO. The van der Waals surface area contributed by atoms with Gasteiger partial charge in [-0.05, 0) is 23.6 Å². The fourth-order valence-electron chi connectivity index (χ4n) is 1.20. The molecule has 70 valence electrons. The Balaban J connectivity index is 3.00. The third kappa shape index (κ3) is 2.49. The second-order valence-corrected chi connectivity index (χ2v) is 3.09. The maximum absolute atomic E-state index is 5.66. The molecule has 0 saturated carbocycles. The summed E-state index contributed by atoms with van der Waals surface area (Å²) in [7, 11) is 1.67. The SMILES string of the molecule is C=Cc1ccc(CCCl)c(OC)c1. The zero-order valence-corrected chi connectivity index (χ0v) is 8.47. The van der Waals surface area contributed by atoms with Crippen LogP contribution in [0.3, 0.4) is 0 Å². The first-order valence-electron chi connectivity index (χ1n) is 4.17. The molecule has 1 aromatic carbocycles. The van der Waals surface area contributed by atoms with E-state index in [4.69, 9.17) is 16.3 Å². The van der Waals surface area contributed by atoms with Crippen molar-refractivity contribution in [3.63, 3.8) is 0 Å². The highest BCUT2D eigenvalue weighted by molar-refractivity contribution is 6.18. The molecular weight excluding hydrogens is 184 g/mol. The van der Waals surface area contributed by atoms with Gasteiger partial charge in [0, 0.05) is 5.88 Å². The molecule has 1 aromatic rings. The Morgan fingerprint density at radius 3 is 2.85 bits per heavy atom. The highest BCUT2D eigenvalue weighted by Gasteiger charge is 2.01. The Kier molecular flexibility index (Phi) is 3.84. The van der Waals surface area contributed by atoms with Gasteiger partial charge >= 0.3 is 0 Å². The first-order chi connectivity index (χ1) is 6.31. The highest BCUT2D eigenvalue weighted by Crippen LogP contribution is 2.21. The highest BCUT2D eigenvalue weighted by atomic mass is 35.5. The molecule has 0 spiro atoms. The van der Waals surface area contributed by atoms with Crippen molar-refractivity contribution in [2.75, 3.05) is 13.0 Å². The largest absolute Gasteiger partial charge is 0.496 e. The summed E-state index contributed by atoms with van der Waals surface area (Å²) in [6.07, 6.45) is 2.63. The minimum atomic E-state index is 0.615. The molecule has 0 saturated heterocycles. The van der Waals surface area contributed by atoms with Gasteiger partial charge in [0.1, 0.15) is 5.75 Å². The molecule has 0 heterocycles. The number of rotatable bonds is 4. The van der Waals surface area contributed by atoms with Crippen LogP contribution in [-0.4, -0.2) is 13.0 Å². The second kappa shape index (κ2) is 4.93. The first-order valence-corrected chi connectivity index (χ1v) is 4.70. The van der Waals surface area contributed by atoms with Gasteiger partial charge in [0.15, 0.2) is 0 Å². The van der Waals surface area contributed by atoms with E-state index in [1.54, 1.807) is 13.2 Å². The normalized spacial score (nSPS) is 9.69. The van der Waals surface area contributed by atoms with E-state index < -0.39 is 0 Å². The summed E-state index contributed by atoms with van der Waals surface area (Å²) in [4.78, 5) is 0. The number of alkyl halides is 1. The Labute approximate surface area is 84.0 Å². The molecule has 0 bridgehead atoms. The topological polar surface area (TPSA) is 9.23 Å². The van der Waals surface area contributed by atoms with Gasteiger partial charge in [-0.3, -0.25) is 0 Å². The van der Waals surface area contributed by atoms with Gasteiger partial charge < -0.3 is 4.74 Å². The molecule has 0 aromatic heterocycles. The number of ether oxygens (including phenoxy) is 1. The van der Waals surface area contributed by atoms with Gasteiger partial charge in [0.05, 0.1) is 7.11 Å². The summed E-state index contributed by atoms with van der Waals surface area (Å²) in [5.74, 6) is 1.50. The zero-order valence-electron chi connectivity index (χ0n) is 7.72. The first kappa shape index (κ1) is 10.1. The molecule has 2 heteroatoms. The molecule has 1 nitrogen and oxygen atoms in total. The van der Waals surface area contributed by atoms with E-state index in [0.717, 1.165) is 23.3 Å². The number of halogens is 1. The lowest BCUT2D eigenvalue weighted by Crippen LogP contribution is -1.93. The number of benzene rings is 1. The van der Waals surface area contributed by atoms with Crippen molar-refractivity contribution in [1.29, 1.82) is 0 Å². The Bertz CT molecular complexity index is 294. The predicted molar refractivity (Wildman–Crippen MR) is 57.5 cm³/mol. The van der Waals surface area contributed by atoms with Gasteiger partial charge in [-0.15, -0.1) is 11.6 Å². The Hall–Kier alpha value is -0.950. The molecule has 0 atom stereocenters. The van der Waals surface area contributed by atoms with Crippen LogP contribution in [0.5, 0.6) is 5.75 Å². The summed E-state index contributed by atoms with van der Waals surface area (Å²) in [6, 6.07) is 6.00. The van der Waals surface area contributed by atoms with Gasteiger partial charge in [0.25, 0.3) is 0 Å². The monoisotopic (exact) mass is 196 g/mol. The van der Waals surface area contributed by atoms with Crippen LogP contribution in [0, 0.1) is 0 Å². The van der Waals surface area contributed by atoms with E-state index in [1.807, 2.05) is 18.2 Å². The van der Waals surface area contributed by atoms with Gasteiger partial charge in [-0.2, -0.15) is 0 Å². The van der Waals surface area contributed by atoms with Crippen LogP contribution >= 0.6 is 11.6 Å². The van der Waals surface area contributed by atoms with Crippen LogP contribution in [0.15, 0.2) is 24.8 Å². The van der Waals surface area contributed by atoms with Crippen LogP contribution < -0.4 is 4.74 Å². The van der Waals surface area contributed by atoms with Crippen LogP contribution in [0.4, 0.5) is 0 Å². The number of hydrogen-bond donors (Lipinski definition) is 0. The number of hydrogen-bond acceptors (Lipinski definition) is 1. The van der Waals surface area contributed by atoms with Gasteiger partial charge in [-0.25, -0.2) is 0 Å². The van der Waals surface area contributed by atoms with Crippen molar-refractivity contribution in [2.24, 2.45) is 0 Å². The molecule has 1 rings (SSSR count). The number of aryl methyl sites for hydroxylation is 1. The van der Waals surface area contributed by atoms with E-state index in [-0.39, 0.29) is 0 Å². The third-order valence-corrected chi connectivity index (χ3v) is 2.10. The summed E-state index contributed by atoms with van der Waals surface area (Å²) in [5, 5.41) is 0. The van der Waals surface area contributed by atoms with Crippen LogP contribution in [0.2, 0.25) is 0 Å². The molecule has 0 radical (unpaired) electrons. The molecule has 0 unspecified atom stereocenters. The van der Waals surface area contributed by atoms with Crippen molar-refractivity contribution in [1.82, 2.24) is 0 Å². The second-order valence-electron chi connectivity index (χ2n) is 2.71. The van der Waals surface area contributed by atoms with E-state index in [9.17, 15) is 0 Å². The van der Waals surface area contributed by atoms with Crippen LogP contribution in [0.1, 0.15) is 11.1 Å². The van der Waals surface area contributed by atoms with Crippen molar-refractivity contribution < 1.29 is 4.74 Å². The standard InChI is InChI=1S/C11H13ClO/c1-3-9-4-5-10(6-7-12)11(8-9)13-2/h3-5,8H,1,6-7H2,2H3. The predicted octanol–water partition coefficient (Wildman–Crippen LogP) is 3.12. The fraction of sp³-hybridized carbons (Fsp3) is 0.273. The molecule has 0 N–H and O–H groups in total. The minimum Gasteiger partial charge on any atom is -0.496 e. The Morgan fingerprint density at radius 1 is 1.54 bits per heavy atom. The summed E-state index contributed by atoms with van der Waals surface area (Å²) < 4.78 is 5.23. The minimum absolute atomic E-state index is 0.615. The molecule has 0 aliphatic rings. The summed E-state index contributed by atoms with van der Waals surface area (Å²) in [6.45, 7) is 3.70. The molecule has 0 amide bonds. The maximum atomic E-state index is 5.66. The quantitative estimate of drug-likeness (QED) is 0.673. The van der Waals surface area contributed by atoms with E-state index >= 15 is 0 Å². The van der Waals surface area contributed by atoms with E-state index in [2.05, 4.69) is 6.58 Å². The molecule has 0 aliphatic heterocycles. The lowest BCUT2D eigenvalue weighted by molar-refractivity contribution is 0.410. The zero-order chi connectivity index (χ0) is 9.68. The smallest absolute Gasteiger partial charge is 0.122 e. The van der Waals surface area contributed by atoms with Crippen molar-refractivity contribution >= 4 is 17.7 Å². The van der Waals surface area contributed by atoms with Crippen LogP contribution in [-0.2, 0) is 6.42 Å². The molecule has 0 fully saturated rings. The average Bonchev–Trinajstić information content (AvgIpc) is 2.19. The lowest BCUT2D eigenvalue weighted by Gasteiger charge is -2.07. The molecule has 0 aliphatic carbocycles. The summed E-state index contributed by atoms with van der Waals surface area (Å²) in [5.41, 5.74) is 2.21. The van der Waals surface area contributed by atoms with Crippen molar-refractivity contribution in [2.45, 2.75) is 6.42 Å². The van der Waals surface area contributed by atoms with Crippen molar-refractivity contribution in [3.05, 3.63) is 35.9 Å². The number of methoxy groups -OCH3 is 1. The average molecular weight is 197 g/mol. The maximum Gasteiger partial charge on any atom is 0.122 e. The third-order valence-electron chi connectivity index (χ3n) is 1.91.